The first-order chi connectivity index (χ1) is 0. The van der Waals surface area contributed by atoms with Gasteiger partial charge in [-0.05, 0) is 0 Å². The Labute approximate surface area is 76.6 Å². The summed E-state index contributed by atoms with van der Waals surface area (Å²) in [4.78, 5) is 0. The van der Waals surface area contributed by atoms with Crippen LogP contribution < -0.4 is 40.1 Å². The standard InChI is InChI=1S/2BrH.Ca.H3N/h2*1H;;1H3/q;;+2;/p-2. The maximum Gasteiger partial charge on any atom is 2.00 e. The second kappa shape index (κ2) is 19.0. The molecule has 0 aromatic heterocycles. The molecule has 0 spiro atoms. The fourth-order valence-electron chi connectivity index (χ4n) is 0. The Bertz CT molecular complexity index is 6.00. The van der Waals surface area contributed by atoms with Gasteiger partial charge < -0.3 is 40.1 Å². The average Bonchev–Trinajstić information content (AvgIpc) is 0. The molecular weight excluding hydrogens is 214 g/mol. The van der Waals surface area contributed by atoms with Gasteiger partial charge in [-0.15, -0.1) is 0 Å². The molecule has 4 heavy (non-hydrogen) atoms. The Morgan fingerprint density at radius 2 is 0.750 bits per heavy atom. The van der Waals surface area contributed by atoms with E-state index in [-0.39, 0.29) is 77.9 Å². The van der Waals surface area contributed by atoms with E-state index in [0.717, 1.165) is 0 Å². The van der Waals surface area contributed by atoms with Crippen LogP contribution in [0.1, 0.15) is 0 Å². The minimum absolute atomic E-state index is 0. The molecule has 0 aliphatic heterocycles. The summed E-state index contributed by atoms with van der Waals surface area (Å²) in [6, 6.07) is 0. The fourth-order valence-corrected chi connectivity index (χ4v) is 0. The van der Waals surface area contributed by atoms with Crippen LogP contribution in [0.3, 0.4) is 0 Å². The second-order valence-corrected chi connectivity index (χ2v) is 0. The Balaban J connectivity index is 0. The average molecular weight is 217 g/mol. The minimum atomic E-state index is 0. The maximum absolute atomic E-state index is 0. The Hall–Kier alpha value is 2.18. The molecule has 0 amide bonds. The summed E-state index contributed by atoms with van der Waals surface area (Å²) in [6.07, 6.45) is 0. The fraction of sp³-hybridized carbons (Fsp3) is 0. The largest absolute Gasteiger partial charge is 2.00 e. The van der Waals surface area contributed by atoms with E-state index < -0.39 is 0 Å². The zero-order valence-electron chi connectivity index (χ0n) is 2.17. The predicted molar refractivity (Wildman–Crippen MR) is 10.8 cm³/mol. The first kappa shape index (κ1) is 34.9. The Morgan fingerprint density at radius 1 is 0.750 bits per heavy atom. The minimum Gasteiger partial charge on any atom is -1.00 e. The van der Waals surface area contributed by atoms with Crippen LogP contribution >= 0.6 is 0 Å². The van der Waals surface area contributed by atoms with Crippen molar-refractivity contribution in [3.05, 3.63) is 0 Å². The first-order valence-electron chi connectivity index (χ1n) is 0. The summed E-state index contributed by atoms with van der Waals surface area (Å²) in [5.41, 5.74) is 0. The third-order valence-electron chi connectivity index (χ3n) is 0. The molecule has 0 saturated carbocycles. The topological polar surface area (TPSA) is 35.0 Å². The Kier molecular flexibility index (Phi) is 166. The number of rotatable bonds is 0. The van der Waals surface area contributed by atoms with E-state index in [4.69, 9.17) is 0 Å². The second-order valence-electron chi connectivity index (χ2n) is 0. The molecule has 0 saturated heterocycles. The smallest absolute Gasteiger partial charge is 1.00 e. The van der Waals surface area contributed by atoms with Gasteiger partial charge in [0.05, 0.1) is 0 Å². The van der Waals surface area contributed by atoms with Crippen molar-refractivity contribution >= 4 is 37.7 Å². The van der Waals surface area contributed by atoms with E-state index in [9.17, 15) is 0 Å². The number of halogens is 2. The Morgan fingerprint density at radius 3 is 0.750 bits per heavy atom. The van der Waals surface area contributed by atoms with Gasteiger partial charge in [-0.2, -0.15) is 0 Å². The number of hydrogen-bond donors (Lipinski definition) is 1. The molecule has 3 N–H and O–H groups in total. The van der Waals surface area contributed by atoms with Crippen LogP contribution in [0.4, 0.5) is 0 Å². The van der Waals surface area contributed by atoms with E-state index in [2.05, 4.69) is 0 Å². The molecule has 0 bridgehead atoms. The van der Waals surface area contributed by atoms with Crippen molar-refractivity contribution in [1.29, 1.82) is 0 Å². The molecule has 0 rings (SSSR count). The van der Waals surface area contributed by atoms with Crippen molar-refractivity contribution < 1.29 is 34.0 Å². The molecule has 0 aromatic carbocycles. The molecule has 0 radical (unpaired) electrons. The molecule has 4 heteroatoms. The van der Waals surface area contributed by atoms with Crippen molar-refractivity contribution in [2.75, 3.05) is 0 Å². The van der Waals surface area contributed by atoms with Gasteiger partial charge >= 0.3 is 37.7 Å². The van der Waals surface area contributed by atoms with Crippen LogP contribution in [0, 0.1) is 0 Å². The van der Waals surface area contributed by atoms with Crippen molar-refractivity contribution in [2.45, 2.75) is 0 Å². The molecule has 0 aliphatic rings. The van der Waals surface area contributed by atoms with E-state index in [0.29, 0.717) is 0 Å². The summed E-state index contributed by atoms with van der Waals surface area (Å²) >= 11 is 0. The summed E-state index contributed by atoms with van der Waals surface area (Å²) in [6.45, 7) is 0. The summed E-state index contributed by atoms with van der Waals surface area (Å²) in [5, 5.41) is 0. The summed E-state index contributed by atoms with van der Waals surface area (Å²) < 4.78 is 0. The first-order valence-corrected chi connectivity index (χ1v) is 0. The van der Waals surface area contributed by atoms with Crippen molar-refractivity contribution in [2.24, 2.45) is 0 Å². The van der Waals surface area contributed by atoms with Gasteiger partial charge in [0.2, 0.25) is 0 Å². The molecule has 0 heterocycles. The third-order valence-corrected chi connectivity index (χ3v) is 0. The predicted octanol–water partition coefficient (Wildman–Crippen LogP) is -6.21. The number of hydrogen-bond acceptors (Lipinski definition) is 1. The van der Waals surface area contributed by atoms with Crippen molar-refractivity contribution in [3.63, 3.8) is 0 Å². The van der Waals surface area contributed by atoms with Gasteiger partial charge in [0.25, 0.3) is 0 Å². The molecule has 24 valence electrons. The van der Waals surface area contributed by atoms with E-state index in [1.54, 1.807) is 0 Å². The zero-order valence-corrected chi connectivity index (χ0v) is 7.55. The molecular formula is H3Br2CaN. The summed E-state index contributed by atoms with van der Waals surface area (Å²) in [7, 11) is 0. The monoisotopic (exact) mass is 215 g/mol. The van der Waals surface area contributed by atoms with Crippen LogP contribution in [0.15, 0.2) is 0 Å². The van der Waals surface area contributed by atoms with Gasteiger partial charge in [-0.25, -0.2) is 0 Å². The van der Waals surface area contributed by atoms with Crippen LogP contribution in [-0.2, 0) is 0 Å². The molecule has 1 nitrogen and oxygen atoms in total. The normalized spacial score (nSPS) is 0. The molecule has 0 aromatic rings. The van der Waals surface area contributed by atoms with Crippen molar-refractivity contribution in [3.8, 4) is 0 Å². The van der Waals surface area contributed by atoms with Gasteiger partial charge in [-0.3, -0.25) is 0 Å². The van der Waals surface area contributed by atoms with E-state index in [1.807, 2.05) is 0 Å². The SMILES string of the molecule is N.[Br-].[Br-].[Ca+2]. The van der Waals surface area contributed by atoms with E-state index >= 15 is 0 Å². The van der Waals surface area contributed by atoms with Gasteiger partial charge in [0, 0.05) is 0 Å². The van der Waals surface area contributed by atoms with Gasteiger partial charge in [-0.1, -0.05) is 0 Å². The molecule has 0 fully saturated rings. The van der Waals surface area contributed by atoms with Crippen LogP contribution in [-0.4, -0.2) is 37.7 Å². The molecule has 0 unspecified atom stereocenters. The maximum atomic E-state index is 0. The van der Waals surface area contributed by atoms with Crippen LogP contribution in [0.5, 0.6) is 0 Å². The van der Waals surface area contributed by atoms with Crippen LogP contribution in [0.2, 0.25) is 0 Å². The zero-order chi connectivity index (χ0) is 0. The van der Waals surface area contributed by atoms with Crippen LogP contribution in [0.25, 0.3) is 0 Å². The van der Waals surface area contributed by atoms with Gasteiger partial charge in [0.1, 0.15) is 0 Å². The molecule has 0 aliphatic carbocycles. The van der Waals surface area contributed by atoms with Gasteiger partial charge in [0.15, 0.2) is 0 Å². The molecule has 0 atom stereocenters. The summed E-state index contributed by atoms with van der Waals surface area (Å²) in [5.74, 6) is 0. The quantitative estimate of drug-likeness (QED) is 0.402. The van der Waals surface area contributed by atoms with E-state index in [1.165, 1.54) is 0 Å². The third kappa shape index (κ3) is 8.89. The van der Waals surface area contributed by atoms with Crippen molar-refractivity contribution in [1.82, 2.24) is 6.15 Å².